The number of carboxylic acids is 1. The summed E-state index contributed by atoms with van der Waals surface area (Å²) in [5.41, 5.74) is 4.95. The Labute approximate surface area is 195 Å². The normalized spacial score (nSPS) is 11.2. The molecule has 0 aliphatic heterocycles. The van der Waals surface area contributed by atoms with Gasteiger partial charge in [-0.1, -0.05) is 56.3 Å². The summed E-state index contributed by atoms with van der Waals surface area (Å²) in [6.45, 7) is 6.87. The number of aromatic nitrogens is 4. The molecule has 2 aromatic carbocycles. The molecule has 4 aromatic rings. The van der Waals surface area contributed by atoms with Crippen molar-refractivity contribution in [2.45, 2.75) is 37.4 Å². The number of thioether (sulfide) groups is 2. The largest absolute Gasteiger partial charge is 0.478 e. The molecule has 1 N–H and O–H groups in total. The van der Waals surface area contributed by atoms with Crippen molar-refractivity contribution in [1.82, 2.24) is 19.7 Å². The van der Waals surface area contributed by atoms with Crippen molar-refractivity contribution in [2.24, 2.45) is 0 Å². The summed E-state index contributed by atoms with van der Waals surface area (Å²) in [7, 11) is 0. The van der Waals surface area contributed by atoms with Crippen molar-refractivity contribution in [3.05, 3.63) is 65.5 Å². The third-order valence-corrected chi connectivity index (χ3v) is 6.79. The van der Waals surface area contributed by atoms with Crippen molar-refractivity contribution < 1.29 is 9.90 Å². The third-order valence-electron chi connectivity index (χ3n) is 5.12. The molecule has 0 amide bonds. The van der Waals surface area contributed by atoms with Crippen LogP contribution in [0, 0.1) is 6.92 Å². The molecule has 6 nitrogen and oxygen atoms in total. The van der Waals surface area contributed by atoms with Gasteiger partial charge in [-0.25, -0.2) is 9.78 Å². The number of hydrogen-bond donors (Lipinski definition) is 1. The van der Waals surface area contributed by atoms with Crippen LogP contribution in [-0.2, 0) is 6.54 Å². The molecular formula is C24H24N4O2S2. The number of carboxylic acid groups (broad SMARTS) is 1. The van der Waals surface area contributed by atoms with Crippen molar-refractivity contribution >= 4 is 40.5 Å². The summed E-state index contributed by atoms with van der Waals surface area (Å²) in [6.07, 6.45) is 0. The van der Waals surface area contributed by atoms with Gasteiger partial charge in [-0.15, -0.1) is 33.7 Å². The molecule has 2 heterocycles. The molecule has 0 radical (unpaired) electrons. The van der Waals surface area contributed by atoms with Crippen LogP contribution in [0.2, 0.25) is 0 Å². The first-order valence-corrected chi connectivity index (χ1v) is 12.4. The van der Waals surface area contributed by atoms with Gasteiger partial charge in [-0.3, -0.25) is 0 Å². The second-order valence-electron chi connectivity index (χ2n) is 7.17. The maximum absolute atomic E-state index is 11.6. The summed E-state index contributed by atoms with van der Waals surface area (Å²) in [5.74, 6) is 1.82. The van der Waals surface area contributed by atoms with Crippen molar-refractivity contribution in [2.75, 3.05) is 11.5 Å². The van der Waals surface area contributed by atoms with E-state index in [9.17, 15) is 9.90 Å². The lowest BCUT2D eigenvalue weighted by Crippen LogP contribution is -2.04. The average Bonchev–Trinajstić information content (AvgIpc) is 3.12. The minimum absolute atomic E-state index is 0.303. The first kappa shape index (κ1) is 22.4. The van der Waals surface area contributed by atoms with E-state index in [0.29, 0.717) is 17.7 Å². The van der Waals surface area contributed by atoms with Gasteiger partial charge in [0.15, 0.2) is 0 Å². The van der Waals surface area contributed by atoms with E-state index in [-0.39, 0.29) is 0 Å². The highest BCUT2D eigenvalue weighted by Gasteiger charge is 2.18. The number of imidazole rings is 1. The predicted octanol–water partition coefficient (Wildman–Crippen LogP) is 5.77. The lowest BCUT2D eigenvalue weighted by Gasteiger charge is -2.11. The van der Waals surface area contributed by atoms with Crippen LogP contribution in [0.3, 0.4) is 0 Å². The Balaban J connectivity index is 1.72. The van der Waals surface area contributed by atoms with Crippen LogP contribution in [-0.4, -0.2) is 42.3 Å². The van der Waals surface area contributed by atoms with Gasteiger partial charge in [-0.05, 0) is 41.2 Å². The minimum Gasteiger partial charge on any atom is -0.478 e. The Morgan fingerprint density at radius 1 is 0.969 bits per heavy atom. The van der Waals surface area contributed by atoms with Crippen molar-refractivity contribution in [3.8, 4) is 11.1 Å². The summed E-state index contributed by atoms with van der Waals surface area (Å²) in [6, 6.07) is 15.1. The van der Waals surface area contributed by atoms with E-state index in [4.69, 9.17) is 4.98 Å². The molecule has 32 heavy (non-hydrogen) atoms. The van der Waals surface area contributed by atoms with Gasteiger partial charge >= 0.3 is 5.97 Å². The van der Waals surface area contributed by atoms with Gasteiger partial charge in [0.25, 0.3) is 0 Å². The maximum Gasteiger partial charge on any atom is 0.336 e. The van der Waals surface area contributed by atoms with Crippen LogP contribution in [0.1, 0.15) is 35.6 Å². The summed E-state index contributed by atoms with van der Waals surface area (Å²) in [4.78, 5) is 16.4. The summed E-state index contributed by atoms with van der Waals surface area (Å²) < 4.78 is 2.20. The van der Waals surface area contributed by atoms with Gasteiger partial charge in [0.2, 0.25) is 0 Å². The first-order chi connectivity index (χ1) is 15.5. The fourth-order valence-corrected chi connectivity index (χ4v) is 5.04. The van der Waals surface area contributed by atoms with E-state index in [1.54, 1.807) is 35.7 Å². The van der Waals surface area contributed by atoms with Crippen molar-refractivity contribution in [1.29, 1.82) is 0 Å². The number of aromatic carboxylic acids is 1. The predicted molar refractivity (Wildman–Crippen MR) is 131 cm³/mol. The first-order valence-electron chi connectivity index (χ1n) is 10.4. The van der Waals surface area contributed by atoms with Crippen LogP contribution in [0.25, 0.3) is 22.2 Å². The highest BCUT2D eigenvalue weighted by Crippen LogP contribution is 2.32. The van der Waals surface area contributed by atoms with Gasteiger partial charge in [0, 0.05) is 6.54 Å². The molecule has 8 heteroatoms. The SMILES string of the molecule is CCSc1nnc(SCC)c2c1nc(C)n2Cc1ccc(-c2ccccc2C(=O)O)cc1. The van der Waals surface area contributed by atoms with E-state index in [2.05, 4.69) is 28.6 Å². The van der Waals surface area contributed by atoms with Gasteiger partial charge in [-0.2, -0.15) is 0 Å². The summed E-state index contributed by atoms with van der Waals surface area (Å²) >= 11 is 3.33. The Bertz CT molecular complexity index is 1270. The zero-order valence-electron chi connectivity index (χ0n) is 18.2. The molecular weight excluding hydrogens is 440 g/mol. The van der Waals surface area contributed by atoms with Crippen LogP contribution in [0.15, 0.2) is 58.6 Å². The highest BCUT2D eigenvalue weighted by atomic mass is 32.2. The molecule has 0 saturated heterocycles. The number of hydrogen-bond acceptors (Lipinski definition) is 6. The molecule has 0 aliphatic rings. The quantitative estimate of drug-likeness (QED) is 0.331. The lowest BCUT2D eigenvalue weighted by atomic mass is 9.99. The van der Waals surface area contributed by atoms with Crippen molar-refractivity contribution in [3.63, 3.8) is 0 Å². The Morgan fingerprint density at radius 3 is 2.31 bits per heavy atom. The number of benzene rings is 2. The van der Waals surface area contributed by atoms with E-state index in [1.807, 2.05) is 43.3 Å². The van der Waals surface area contributed by atoms with E-state index < -0.39 is 5.97 Å². The fourth-order valence-electron chi connectivity index (χ4n) is 3.67. The Hall–Kier alpha value is -2.84. The molecule has 4 rings (SSSR count). The molecule has 0 atom stereocenters. The van der Waals surface area contributed by atoms with Crippen LogP contribution >= 0.6 is 23.5 Å². The van der Waals surface area contributed by atoms with Gasteiger partial charge in [0.05, 0.1) is 5.56 Å². The number of aryl methyl sites for hydroxylation is 1. The number of fused-ring (bicyclic) bond motifs is 1. The molecule has 2 aromatic heterocycles. The van der Waals surface area contributed by atoms with Gasteiger partial charge < -0.3 is 9.67 Å². The standard InChI is InChI=1S/C24H24N4O2S2/c1-4-31-22-20-21(23(27-26-22)32-5-2)28(15(3)25-20)14-16-10-12-17(13-11-16)18-8-6-7-9-19(18)24(29)30/h6-13H,4-5,14H2,1-3H3,(H,29,30). The monoisotopic (exact) mass is 464 g/mol. The van der Waals surface area contributed by atoms with Gasteiger partial charge in [0.1, 0.15) is 26.9 Å². The van der Waals surface area contributed by atoms with Crippen LogP contribution in [0.4, 0.5) is 0 Å². The number of rotatable bonds is 8. The maximum atomic E-state index is 11.6. The summed E-state index contributed by atoms with van der Waals surface area (Å²) in [5, 5.41) is 20.2. The Kier molecular flexibility index (Phi) is 6.81. The average molecular weight is 465 g/mol. The van der Waals surface area contributed by atoms with E-state index in [0.717, 1.165) is 49.5 Å². The third kappa shape index (κ3) is 4.38. The minimum atomic E-state index is -0.923. The molecule has 164 valence electrons. The van der Waals surface area contributed by atoms with Crippen LogP contribution < -0.4 is 0 Å². The Morgan fingerprint density at radius 2 is 1.62 bits per heavy atom. The smallest absolute Gasteiger partial charge is 0.336 e. The molecule has 0 unspecified atom stereocenters. The molecule has 0 spiro atoms. The molecule has 0 saturated carbocycles. The lowest BCUT2D eigenvalue weighted by molar-refractivity contribution is 0.0697. The number of carbonyl (C=O) groups is 1. The highest BCUT2D eigenvalue weighted by molar-refractivity contribution is 7.99. The second-order valence-corrected chi connectivity index (χ2v) is 9.67. The molecule has 0 bridgehead atoms. The molecule has 0 aliphatic carbocycles. The van der Waals surface area contributed by atoms with Crippen LogP contribution in [0.5, 0.6) is 0 Å². The zero-order chi connectivity index (χ0) is 22.7. The molecule has 0 fully saturated rings. The fraction of sp³-hybridized carbons (Fsp3) is 0.250. The van der Waals surface area contributed by atoms with E-state index in [1.165, 1.54) is 0 Å². The zero-order valence-corrected chi connectivity index (χ0v) is 19.8. The number of nitrogens with zero attached hydrogens (tertiary/aromatic N) is 4. The second kappa shape index (κ2) is 9.75. The van der Waals surface area contributed by atoms with E-state index >= 15 is 0 Å². The topological polar surface area (TPSA) is 80.9 Å².